The minimum absolute atomic E-state index is 0.0201. The maximum absolute atomic E-state index is 14.6. The third-order valence-electron chi connectivity index (χ3n) is 9.93. The number of aromatic hydroxyl groups is 1. The summed E-state index contributed by atoms with van der Waals surface area (Å²) in [6.45, 7) is 19.5. The second kappa shape index (κ2) is 26.0. The lowest BCUT2D eigenvalue weighted by Gasteiger charge is -2.28. The van der Waals surface area contributed by atoms with Crippen molar-refractivity contribution in [1.82, 2.24) is 42.5 Å². The van der Waals surface area contributed by atoms with Crippen LogP contribution in [-0.4, -0.2) is 137 Å². The fraction of sp³-hybridized carbons (Fsp3) is 0.600. The molecule has 0 aromatic heterocycles. The van der Waals surface area contributed by atoms with Crippen molar-refractivity contribution >= 4 is 48.0 Å². The number of aliphatic hydroxyl groups excluding tert-OH is 1. The lowest BCUT2D eigenvalue weighted by Crippen LogP contribution is -2.59. The number of ether oxygens (including phenoxy) is 4. The van der Waals surface area contributed by atoms with Crippen LogP contribution >= 0.6 is 0 Å². The molecule has 0 aliphatic carbocycles. The van der Waals surface area contributed by atoms with Gasteiger partial charge < -0.3 is 71.7 Å². The van der Waals surface area contributed by atoms with Crippen LogP contribution in [-0.2, 0) is 51.0 Å². The number of phenolic OH excluding ortho intramolecular Hbond substituents is 1. The van der Waals surface area contributed by atoms with E-state index in [9.17, 15) is 48.6 Å². The van der Waals surface area contributed by atoms with E-state index >= 15 is 0 Å². The molecule has 72 heavy (non-hydrogen) atoms. The summed E-state index contributed by atoms with van der Waals surface area (Å²) in [5, 5.41) is 43.1. The molecular formula is C50H76N8O14. The van der Waals surface area contributed by atoms with Gasteiger partial charge in [0.1, 0.15) is 52.3 Å². The monoisotopic (exact) mass is 1010 g/mol. The first-order valence-corrected chi connectivity index (χ1v) is 23.9. The zero-order valence-corrected chi connectivity index (χ0v) is 43.6. The lowest BCUT2D eigenvalue weighted by molar-refractivity contribution is -0.134. The number of benzene rings is 2. The van der Waals surface area contributed by atoms with Crippen molar-refractivity contribution in [2.45, 2.75) is 168 Å². The Morgan fingerprint density at radius 1 is 0.653 bits per heavy atom. The van der Waals surface area contributed by atoms with Gasteiger partial charge in [0.25, 0.3) is 0 Å². The second-order valence-electron chi connectivity index (χ2n) is 21.4. The highest BCUT2D eigenvalue weighted by molar-refractivity contribution is 5.95. The van der Waals surface area contributed by atoms with Gasteiger partial charge in [0, 0.05) is 45.4 Å². The molecule has 3 rings (SSSR count). The Labute approximate surface area is 421 Å². The quantitative estimate of drug-likeness (QED) is 0.0899. The van der Waals surface area contributed by atoms with Gasteiger partial charge in [-0.15, -0.1) is 0 Å². The molecule has 1 aliphatic heterocycles. The van der Waals surface area contributed by atoms with Crippen LogP contribution in [0.15, 0.2) is 42.5 Å². The number of carbonyl (C=O) groups excluding carboxylic acids is 8. The molecule has 8 amide bonds. The summed E-state index contributed by atoms with van der Waals surface area (Å²) < 4.78 is 21.3. The number of fused-ring (bicyclic) bond motifs is 5. The zero-order valence-electron chi connectivity index (χ0n) is 43.6. The smallest absolute Gasteiger partial charge is 0.408 e. The Balaban J connectivity index is 2.07. The normalized spacial score (nSPS) is 17.4. The Hall–Kier alpha value is -6.84. The second-order valence-corrected chi connectivity index (χ2v) is 21.4. The summed E-state index contributed by atoms with van der Waals surface area (Å²) in [5.41, 5.74) is -1.38. The third kappa shape index (κ3) is 22.9. The Morgan fingerprint density at radius 3 is 1.79 bits per heavy atom. The molecule has 0 radical (unpaired) electrons. The van der Waals surface area contributed by atoms with Gasteiger partial charge >= 0.3 is 24.4 Å². The van der Waals surface area contributed by atoms with Gasteiger partial charge in [-0.05, 0) is 130 Å². The number of rotatable bonds is 15. The molecule has 0 spiro atoms. The molecule has 4 bridgehead atoms. The minimum Gasteiger partial charge on any atom is -0.508 e. The van der Waals surface area contributed by atoms with E-state index in [0.29, 0.717) is 16.7 Å². The predicted molar refractivity (Wildman–Crippen MR) is 265 cm³/mol. The van der Waals surface area contributed by atoms with E-state index in [1.807, 2.05) is 0 Å². The number of carbonyl (C=O) groups is 8. The lowest BCUT2D eigenvalue weighted by atomic mass is 9.95. The van der Waals surface area contributed by atoms with Gasteiger partial charge in [0.2, 0.25) is 23.6 Å². The molecule has 0 saturated carbocycles. The van der Waals surface area contributed by atoms with E-state index < -0.39 is 114 Å². The van der Waals surface area contributed by atoms with Crippen LogP contribution in [0.4, 0.5) is 19.2 Å². The molecule has 0 unspecified atom stereocenters. The Bertz CT molecular complexity index is 2230. The van der Waals surface area contributed by atoms with E-state index in [1.165, 1.54) is 6.07 Å². The summed E-state index contributed by atoms with van der Waals surface area (Å²) in [4.78, 5) is 108. The molecule has 22 nitrogen and oxygen atoms in total. The van der Waals surface area contributed by atoms with Crippen LogP contribution in [0.1, 0.15) is 113 Å². The van der Waals surface area contributed by atoms with Crippen molar-refractivity contribution in [3.63, 3.8) is 0 Å². The highest BCUT2D eigenvalue weighted by Gasteiger charge is 2.34. The number of aliphatic hydroxyl groups is 1. The molecule has 400 valence electrons. The number of alkyl carbamates (subject to hydrolysis) is 4. The van der Waals surface area contributed by atoms with Crippen LogP contribution in [0.2, 0.25) is 0 Å². The van der Waals surface area contributed by atoms with E-state index in [1.54, 1.807) is 119 Å². The number of hydrogen-bond donors (Lipinski definition) is 10. The minimum atomic E-state index is -1.64. The van der Waals surface area contributed by atoms with E-state index in [4.69, 9.17) is 18.9 Å². The maximum atomic E-state index is 14.6. The maximum Gasteiger partial charge on any atom is 0.408 e. The fourth-order valence-electron chi connectivity index (χ4n) is 6.92. The van der Waals surface area contributed by atoms with Gasteiger partial charge in [-0.2, -0.15) is 0 Å². The average Bonchev–Trinajstić information content (AvgIpc) is 3.22. The fourth-order valence-corrected chi connectivity index (χ4v) is 6.92. The Kier molecular flexibility index (Phi) is 21.5. The van der Waals surface area contributed by atoms with Gasteiger partial charge in [-0.3, -0.25) is 19.2 Å². The summed E-state index contributed by atoms with van der Waals surface area (Å²) in [6, 6.07) is 5.84. The number of phenols is 1. The SMILES string of the molecule is CC(C)(C)OC(=O)NCCC[C@H](NC(=O)[C@@H]1Cc2cccc(c2)-c2ccc(O)c(c2)C[C@H](NC(=O)OC(C)(C)C)C(=O)N[C@@H](C[C@@H](O)CNC(=O)OC(C)(C)C)C(=O)N1)C(=O)NCCNC(=O)OC(C)(C)C. The predicted octanol–water partition coefficient (Wildman–Crippen LogP) is 3.73. The van der Waals surface area contributed by atoms with Crippen LogP contribution in [0.5, 0.6) is 5.75 Å². The average molecular weight is 1010 g/mol. The van der Waals surface area contributed by atoms with Crippen LogP contribution in [0.25, 0.3) is 11.1 Å². The van der Waals surface area contributed by atoms with E-state index in [-0.39, 0.29) is 56.6 Å². The Morgan fingerprint density at radius 2 is 1.19 bits per heavy atom. The molecule has 1 heterocycles. The van der Waals surface area contributed by atoms with Gasteiger partial charge in [0.05, 0.1) is 6.10 Å². The molecule has 10 N–H and O–H groups in total. The first kappa shape index (κ1) is 59.5. The number of amides is 8. The number of nitrogens with one attached hydrogen (secondary N) is 8. The molecule has 0 saturated heterocycles. The van der Waals surface area contributed by atoms with Crippen molar-refractivity contribution in [3.8, 4) is 16.9 Å². The van der Waals surface area contributed by atoms with Crippen molar-refractivity contribution in [2.75, 3.05) is 26.2 Å². The first-order valence-electron chi connectivity index (χ1n) is 23.9. The molecule has 2 aromatic rings. The molecule has 2 aromatic carbocycles. The summed E-state index contributed by atoms with van der Waals surface area (Å²) in [6.07, 6.45) is -5.59. The standard InChI is InChI=1S/C50H76N8O14/c1-47(2,3)69-43(65)52-20-14-17-34(39(61)51-21-22-53-44(66)70-48(4,5)6)55-40(62)35-24-29-15-13-16-30(23-29)31-18-19-38(60)32(25-31)26-36(58-46(68)72-50(10,11)12)41(63)57-37(42(64)56-35)27-33(59)28-54-45(67)71-49(7,8)9/h13,15-16,18-19,23,25,33-37,59-60H,14,17,20-22,24,26-28H2,1-12H3,(H,51,61)(H,52,65)(H,53,66)(H,54,67)(H,55,62)(H,56,64)(H,57,63)(H,58,68)/t33-,34+,35+,36+,37+/m1/s1. The van der Waals surface area contributed by atoms with Crippen molar-refractivity contribution in [3.05, 3.63) is 53.6 Å². The highest BCUT2D eigenvalue weighted by atomic mass is 16.6. The molecule has 0 fully saturated rings. The van der Waals surface area contributed by atoms with Gasteiger partial charge in [-0.1, -0.05) is 30.3 Å². The van der Waals surface area contributed by atoms with Crippen LogP contribution < -0.4 is 42.5 Å². The van der Waals surface area contributed by atoms with E-state index in [2.05, 4.69) is 42.5 Å². The molecule has 22 heteroatoms. The zero-order chi connectivity index (χ0) is 54.2. The van der Waals surface area contributed by atoms with Crippen molar-refractivity contribution < 1.29 is 67.5 Å². The van der Waals surface area contributed by atoms with Crippen molar-refractivity contribution in [1.29, 1.82) is 0 Å². The largest absolute Gasteiger partial charge is 0.508 e. The first-order chi connectivity index (χ1) is 33.3. The van der Waals surface area contributed by atoms with Gasteiger partial charge in [-0.25, -0.2) is 19.2 Å². The molecular weight excluding hydrogens is 937 g/mol. The summed E-state index contributed by atoms with van der Waals surface area (Å²) >= 11 is 0. The van der Waals surface area contributed by atoms with Crippen LogP contribution in [0, 0.1) is 0 Å². The van der Waals surface area contributed by atoms with E-state index in [0.717, 1.165) is 0 Å². The van der Waals surface area contributed by atoms with Gasteiger partial charge in [0.15, 0.2) is 0 Å². The molecule has 1 aliphatic rings. The number of hydrogen-bond acceptors (Lipinski definition) is 14. The topological polar surface area (TPSA) is 310 Å². The highest BCUT2D eigenvalue weighted by Crippen LogP contribution is 2.28. The van der Waals surface area contributed by atoms with Crippen LogP contribution in [0.3, 0.4) is 0 Å². The molecule has 5 atom stereocenters. The third-order valence-corrected chi connectivity index (χ3v) is 9.93. The van der Waals surface area contributed by atoms with Crippen molar-refractivity contribution in [2.24, 2.45) is 0 Å². The summed E-state index contributed by atoms with van der Waals surface area (Å²) in [7, 11) is 0. The summed E-state index contributed by atoms with van der Waals surface area (Å²) in [5.74, 6) is -3.60.